The SMILES string of the molecule is N[C@H](C(=O)O)c1cnn(O)c1. The molecule has 1 aromatic rings. The zero-order valence-corrected chi connectivity index (χ0v) is 5.51. The number of nitrogens with zero attached hydrogens (tertiary/aromatic N) is 2. The van der Waals surface area contributed by atoms with Crippen LogP contribution in [-0.2, 0) is 4.79 Å². The summed E-state index contributed by atoms with van der Waals surface area (Å²) >= 11 is 0. The highest BCUT2D eigenvalue weighted by molar-refractivity contribution is 5.74. The van der Waals surface area contributed by atoms with E-state index in [-0.39, 0.29) is 5.56 Å². The summed E-state index contributed by atoms with van der Waals surface area (Å²) in [6.45, 7) is 0. The van der Waals surface area contributed by atoms with Crippen LogP contribution in [0.4, 0.5) is 0 Å². The molecule has 0 spiro atoms. The summed E-state index contributed by atoms with van der Waals surface area (Å²) in [6.07, 6.45) is 2.33. The standard InChI is InChI=1S/C5H7N3O3/c6-4(5(9)10)3-1-7-8(11)2-3/h1-2,4,11H,6H2,(H,9,10)/t4-/m0/s1. The lowest BCUT2D eigenvalue weighted by atomic mass is 10.2. The lowest BCUT2D eigenvalue weighted by Crippen LogP contribution is -2.19. The van der Waals surface area contributed by atoms with Gasteiger partial charge in [0.1, 0.15) is 6.04 Å². The van der Waals surface area contributed by atoms with Gasteiger partial charge >= 0.3 is 5.97 Å². The van der Waals surface area contributed by atoms with Crippen molar-refractivity contribution in [3.05, 3.63) is 18.0 Å². The van der Waals surface area contributed by atoms with E-state index in [9.17, 15) is 4.79 Å². The molecule has 60 valence electrons. The molecule has 0 aliphatic carbocycles. The van der Waals surface area contributed by atoms with Crippen LogP contribution < -0.4 is 5.73 Å². The molecule has 0 bridgehead atoms. The summed E-state index contributed by atoms with van der Waals surface area (Å²) in [5, 5.41) is 20.4. The number of aromatic nitrogens is 2. The van der Waals surface area contributed by atoms with Crippen molar-refractivity contribution in [3.63, 3.8) is 0 Å². The Morgan fingerprint density at radius 1 is 1.82 bits per heavy atom. The van der Waals surface area contributed by atoms with E-state index in [1.54, 1.807) is 0 Å². The number of hydrogen-bond donors (Lipinski definition) is 3. The van der Waals surface area contributed by atoms with Crippen molar-refractivity contribution in [3.8, 4) is 0 Å². The molecule has 1 rings (SSSR count). The Morgan fingerprint density at radius 2 is 2.45 bits per heavy atom. The van der Waals surface area contributed by atoms with Gasteiger partial charge < -0.3 is 16.0 Å². The molecule has 0 aliphatic rings. The minimum atomic E-state index is -1.15. The minimum Gasteiger partial charge on any atom is -0.480 e. The number of hydrogen-bond acceptors (Lipinski definition) is 4. The molecule has 6 heteroatoms. The van der Waals surface area contributed by atoms with Gasteiger partial charge in [-0.25, -0.2) is 0 Å². The first-order valence-corrected chi connectivity index (χ1v) is 2.83. The van der Waals surface area contributed by atoms with Gasteiger partial charge in [0.05, 0.1) is 12.4 Å². The average molecular weight is 157 g/mol. The third-order valence-corrected chi connectivity index (χ3v) is 1.21. The molecule has 0 amide bonds. The molecule has 11 heavy (non-hydrogen) atoms. The Hall–Kier alpha value is -1.56. The van der Waals surface area contributed by atoms with Crippen molar-refractivity contribution >= 4 is 5.97 Å². The van der Waals surface area contributed by atoms with Gasteiger partial charge in [0.15, 0.2) is 0 Å². The second kappa shape index (κ2) is 2.59. The van der Waals surface area contributed by atoms with E-state index in [2.05, 4.69) is 5.10 Å². The summed E-state index contributed by atoms with van der Waals surface area (Å²) in [5.74, 6) is -1.15. The van der Waals surface area contributed by atoms with Gasteiger partial charge in [-0.1, -0.05) is 0 Å². The van der Waals surface area contributed by atoms with Gasteiger partial charge in [0.25, 0.3) is 0 Å². The maximum Gasteiger partial charge on any atom is 0.325 e. The molecule has 0 fully saturated rings. The van der Waals surface area contributed by atoms with E-state index < -0.39 is 12.0 Å². The first-order valence-electron chi connectivity index (χ1n) is 2.83. The van der Waals surface area contributed by atoms with Crippen molar-refractivity contribution in [2.45, 2.75) is 6.04 Å². The second-order valence-electron chi connectivity index (χ2n) is 2.01. The monoisotopic (exact) mass is 157 g/mol. The quantitative estimate of drug-likeness (QED) is 0.488. The normalized spacial score (nSPS) is 12.8. The van der Waals surface area contributed by atoms with E-state index in [0.29, 0.717) is 4.85 Å². The largest absolute Gasteiger partial charge is 0.480 e. The van der Waals surface area contributed by atoms with Gasteiger partial charge in [-0.3, -0.25) is 4.79 Å². The molecular formula is C5H7N3O3. The minimum absolute atomic E-state index is 0.264. The van der Waals surface area contributed by atoms with Crippen molar-refractivity contribution in [2.24, 2.45) is 5.73 Å². The lowest BCUT2D eigenvalue weighted by molar-refractivity contribution is -0.138. The Labute approximate surface area is 61.8 Å². The number of rotatable bonds is 2. The van der Waals surface area contributed by atoms with Crippen molar-refractivity contribution in [1.82, 2.24) is 9.94 Å². The lowest BCUT2D eigenvalue weighted by Gasteiger charge is -1.99. The zero-order chi connectivity index (χ0) is 8.43. The Balaban J connectivity index is 2.84. The molecule has 4 N–H and O–H groups in total. The van der Waals surface area contributed by atoms with Crippen LogP contribution in [0.1, 0.15) is 11.6 Å². The molecule has 1 heterocycles. The first kappa shape index (κ1) is 7.55. The van der Waals surface area contributed by atoms with Crippen LogP contribution in [0.5, 0.6) is 0 Å². The fourth-order valence-corrected chi connectivity index (χ4v) is 0.629. The maximum absolute atomic E-state index is 10.3. The number of carbonyl (C=O) groups is 1. The average Bonchev–Trinajstić information content (AvgIpc) is 2.34. The third-order valence-electron chi connectivity index (χ3n) is 1.21. The smallest absolute Gasteiger partial charge is 0.325 e. The molecule has 0 radical (unpaired) electrons. The third kappa shape index (κ3) is 1.47. The molecule has 0 aliphatic heterocycles. The first-order chi connectivity index (χ1) is 5.11. The highest BCUT2D eigenvalue weighted by Crippen LogP contribution is 2.07. The summed E-state index contributed by atoms with van der Waals surface area (Å²) in [6, 6.07) is -1.13. The van der Waals surface area contributed by atoms with E-state index in [1.165, 1.54) is 6.20 Å². The molecule has 0 saturated carbocycles. The van der Waals surface area contributed by atoms with E-state index in [1.807, 2.05) is 0 Å². The van der Waals surface area contributed by atoms with Gasteiger partial charge in [0.2, 0.25) is 0 Å². The fourth-order valence-electron chi connectivity index (χ4n) is 0.629. The van der Waals surface area contributed by atoms with Crippen molar-refractivity contribution in [1.29, 1.82) is 0 Å². The Kier molecular flexibility index (Phi) is 1.77. The van der Waals surface area contributed by atoms with Crippen LogP contribution in [0.2, 0.25) is 0 Å². The van der Waals surface area contributed by atoms with E-state index in [0.717, 1.165) is 6.20 Å². The summed E-state index contributed by atoms with van der Waals surface area (Å²) in [7, 11) is 0. The second-order valence-corrected chi connectivity index (χ2v) is 2.01. The predicted octanol–water partition coefficient (Wildman–Crippen LogP) is -0.795. The molecule has 1 aromatic heterocycles. The predicted molar refractivity (Wildman–Crippen MR) is 34.0 cm³/mol. The van der Waals surface area contributed by atoms with Gasteiger partial charge in [-0.15, -0.1) is 9.94 Å². The van der Waals surface area contributed by atoms with E-state index in [4.69, 9.17) is 16.0 Å². The topological polar surface area (TPSA) is 101 Å². The van der Waals surface area contributed by atoms with Crippen LogP contribution in [0, 0.1) is 0 Å². The Bertz CT molecular complexity index is 270. The number of aliphatic carboxylic acids is 1. The molecule has 0 aromatic carbocycles. The number of carboxylic acids is 1. The van der Waals surface area contributed by atoms with Gasteiger partial charge in [-0.2, -0.15) is 0 Å². The summed E-state index contributed by atoms with van der Waals surface area (Å²) < 4.78 is 0. The molecular weight excluding hydrogens is 150 g/mol. The van der Waals surface area contributed by atoms with Gasteiger partial charge in [0, 0.05) is 5.56 Å². The summed E-state index contributed by atoms with van der Waals surface area (Å²) in [4.78, 5) is 10.8. The van der Waals surface area contributed by atoms with E-state index >= 15 is 0 Å². The van der Waals surface area contributed by atoms with Crippen molar-refractivity contribution in [2.75, 3.05) is 0 Å². The van der Waals surface area contributed by atoms with Gasteiger partial charge in [-0.05, 0) is 0 Å². The Morgan fingerprint density at radius 3 is 2.82 bits per heavy atom. The maximum atomic E-state index is 10.3. The van der Waals surface area contributed by atoms with Crippen molar-refractivity contribution < 1.29 is 15.1 Å². The number of carboxylic acid groups (broad SMARTS) is 1. The molecule has 0 unspecified atom stereocenters. The molecule has 0 saturated heterocycles. The fraction of sp³-hybridized carbons (Fsp3) is 0.200. The van der Waals surface area contributed by atoms with Crippen LogP contribution in [0.3, 0.4) is 0 Å². The van der Waals surface area contributed by atoms with Crippen LogP contribution in [0.25, 0.3) is 0 Å². The highest BCUT2D eigenvalue weighted by atomic mass is 16.5. The molecule has 6 nitrogen and oxygen atoms in total. The summed E-state index contributed by atoms with van der Waals surface area (Å²) in [5.41, 5.74) is 5.45. The highest BCUT2D eigenvalue weighted by Gasteiger charge is 2.15. The van der Waals surface area contributed by atoms with Crippen LogP contribution >= 0.6 is 0 Å². The zero-order valence-electron chi connectivity index (χ0n) is 5.51. The van der Waals surface area contributed by atoms with Crippen LogP contribution in [0.15, 0.2) is 12.4 Å². The molecule has 1 atom stereocenters. The number of nitrogens with two attached hydrogens (primary N) is 1. The van der Waals surface area contributed by atoms with Crippen LogP contribution in [-0.4, -0.2) is 26.2 Å².